The van der Waals surface area contributed by atoms with Crippen LogP contribution in [0.2, 0.25) is 0 Å². The van der Waals surface area contributed by atoms with Gasteiger partial charge in [0.2, 0.25) is 5.91 Å². The van der Waals surface area contributed by atoms with E-state index in [1.54, 1.807) is 13.8 Å². The Hall–Kier alpha value is -1.36. The van der Waals surface area contributed by atoms with E-state index in [9.17, 15) is 9.59 Å². The average Bonchev–Trinajstić information content (AvgIpc) is 2.81. The Bertz CT molecular complexity index is 528. The van der Waals surface area contributed by atoms with Gasteiger partial charge < -0.3 is 10.1 Å². The van der Waals surface area contributed by atoms with Crippen LogP contribution in [0.25, 0.3) is 0 Å². The van der Waals surface area contributed by atoms with Crippen LogP contribution in [0.5, 0.6) is 0 Å². The molecule has 1 heterocycles. The van der Waals surface area contributed by atoms with E-state index in [0.29, 0.717) is 29.5 Å². The van der Waals surface area contributed by atoms with Crippen molar-refractivity contribution in [3.8, 4) is 0 Å². The van der Waals surface area contributed by atoms with Crippen LogP contribution < -0.4 is 5.32 Å². The van der Waals surface area contributed by atoms with Crippen molar-refractivity contribution in [1.82, 2.24) is 0 Å². The van der Waals surface area contributed by atoms with Crippen LogP contribution in [0.4, 0.5) is 5.00 Å². The number of carbonyl (C=O) groups is 2. The summed E-state index contributed by atoms with van der Waals surface area (Å²) < 4.78 is 5.09. The third-order valence-electron chi connectivity index (χ3n) is 3.22. The molecule has 1 aromatic rings. The van der Waals surface area contributed by atoms with Crippen LogP contribution in [0, 0.1) is 5.41 Å². The summed E-state index contributed by atoms with van der Waals surface area (Å²) in [7, 11) is 0. The van der Waals surface area contributed by atoms with E-state index < -0.39 is 0 Å². The quantitative estimate of drug-likeness (QED) is 0.763. The number of hydrogen-bond donors (Lipinski definition) is 1. The van der Waals surface area contributed by atoms with Crippen molar-refractivity contribution in [2.75, 3.05) is 11.9 Å². The van der Waals surface area contributed by atoms with Crippen LogP contribution >= 0.6 is 11.3 Å². The molecule has 0 aromatic carbocycles. The number of rotatable bonds is 6. The maximum Gasteiger partial charge on any atom is 0.341 e. The van der Waals surface area contributed by atoms with Gasteiger partial charge in [0, 0.05) is 11.3 Å². The van der Waals surface area contributed by atoms with Crippen molar-refractivity contribution >= 4 is 28.2 Å². The molecule has 0 aliphatic carbocycles. The van der Waals surface area contributed by atoms with E-state index in [4.69, 9.17) is 4.74 Å². The summed E-state index contributed by atoms with van der Waals surface area (Å²) in [6, 6.07) is 1.87. The van der Waals surface area contributed by atoms with Gasteiger partial charge in [-0.25, -0.2) is 4.79 Å². The molecule has 1 rings (SSSR count). The predicted molar refractivity (Wildman–Crippen MR) is 91.7 cm³/mol. The monoisotopic (exact) mass is 325 g/mol. The number of hydrogen-bond acceptors (Lipinski definition) is 4. The molecule has 1 N–H and O–H groups in total. The molecule has 0 aliphatic rings. The molecule has 0 fully saturated rings. The van der Waals surface area contributed by atoms with Crippen LogP contribution in [-0.2, 0) is 9.53 Å². The van der Waals surface area contributed by atoms with Crippen molar-refractivity contribution in [2.24, 2.45) is 5.41 Å². The first-order valence-corrected chi connectivity index (χ1v) is 8.60. The Balaban J connectivity index is 3.08. The Morgan fingerprint density at radius 2 is 1.95 bits per heavy atom. The highest BCUT2D eigenvalue weighted by molar-refractivity contribution is 7.16. The Morgan fingerprint density at radius 3 is 2.45 bits per heavy atom. The summed E-state index contributed by atoms with van der Waals surface area (Å²) in [6.07, 6.45) is 1.39. The fraction of sp³-hybridized carbons (Fsp3) is 0.647. The second-order valence-corrected chi connectivity index (χ2v) is 7.76. The molecule has 1 amide bonds. The number of esters is 1. The summed E-state index contributed by atoms with van der Waals surface area (Å²) in [6.45, 7) is 12.6. The van der Waals surface area contributed by atoms with E-state index in [1.807, 2.05) is 6.07 Å². The minimum Gasteiger partial charge on any atom is -0.462 e. The van der Waals surface area contributed by atoms with Gasteiger partial charge in [-0.2, -0.15) is 0 Å². The maximum absolute atomic E-state index is 12.1. The maximum atomic E-state index is 12.1. The van der Waals surface area contributed by atoms with Gasteiger partial charge in [-0.05, 0) is 30.7 Å². The predicted octanol–water partition coefficient (Wildman–Crippen LogP) is 4.81. The third kappa shape index (κ3) is 5.44. The number of carbonyl (C=O) groups excluding carboxylic acids is 2. The van der Waals surface area contributed by atoms with Gasteiger partial charge >= 0.3 is 5.97 Å². The molecule has 4 nitrogen and oxygen atoms in total. The Kier molecular flexibility index (Phi) is 6.60. The molecule has 0 bridgehead atoms. The van der Waals surface area contributed by atoms with Crippen LogP contribution in [0.1, 0.15) is 75.5 Å². The molecular weight excluding hydrogens is 298 g/mol. The van der Waals surface area contributed by atoms with Gasteiger partial charge in [-0.1, -0.05) is 34.6 Å². The van der Waals surface area contributed by atoms with Crippen molar-refractivity contribution in [1.29, 1.82) is 0 Å². The van der Waals surface area contributed by atoms with Crippen molar-refractivity contribution < 1.29 is 14.3 Å². The Labute approximate surface area is 137 Å². The first kappa shape index (κ1) is 18.7. The van der Waals surface area contributed by atoms with Crippen molar-refractivity contribution in [3.05, 3.63) is 16.5 Å². The molecule has 0 saturated heterocycles. The first-order chi connectivity index (χ1) is 10.2. The van der Waals surface area contributed by atoms with E-state index in [0.717, 1.165) is 11.3 Å². The van der Waals surface area contributed by atoms with Gasteiger partial charge in [0.05, 0.1) is 12.2 Å². The second kappa shape index (κ2) is 7.77. The lowest BCUT2D eigenvalue weighted by atomic mass is 9.85. The van der Waals surface area contributed by atoms with Gasteiger partial charge in [-0.15, -0.1) is 11.3 Å². The topological polar surface area (TPSA) is 55.4 Å². The summed E-state index contributed by atoms with van der Waals surface area (Å²) in [5, 5.41) is 3.41. The molecule has 0 aliphatic heterocycles. The number of nitrogens with one attached hydrogen (secondary N) is 1. The zero-order valence-electron chi connectivity index (χ0n) is 14.4. The van der Waals surface area contributed by atoms with Crippen LogP contribution in [-0.4, -0.2) is 18.5 Å². The molecule has 124 valence electrons. The largest absolute Gasteiger partial charge is 0.462 e. The zero-order valence-corrected chi connectivity index (χ0v) is 15.2. The summed E-state index contributed by atoms with van der Waals surface area (Å²) in [4.78, 5) is 24.9. The highest BCUT2D eigenvalue weighted by atomic mass is 32.1. The SMILES string of the molecule is CCOC(=O)c1cc([C@H](C)CC(C)(C)C)sc1NC(=O)CC. The first-order valence-electron chi connectivity index (χ1n) is 7.78. The smallest absolute Gasteiger partial charge is 0.341 e. The normalized spacial score (nSPS) is 12.8. The highest BCUT2D eigenvalue weighted by Crippen LogP contribution is 2.38. The number of anilines is 1. The standard InChI is InChI=1S/C17H27NO3S/c1-7-14(19)18-15-12(16(20)21-8-2)9-13(22-15)11(3)10-17(4,5)6/h9,11H,7-8,10H2,1-6H3,(H,18,19)/t11-/m1/s1. The highest BCUT2D eigenvalue weighted by Gasteiger charge is 2.23. The van der Waals surface area contributed by atoms with Gasteiger partial charge in [0.1, 0.15) is 5.00 Å². The number of amides is 1. The van der Waals surface area contributed by atoms with E-state index >= 15 is 0 Å². The van der Waals surface area contributed by atoms with Gasteiger partial charge in [-0.3, -0.25) is 4.79 Å². The molecule has 1 atom stereocenters. The number of thiophene rings is 1. The molecule has 0 spiro atoms. The lowest BCUT2D eigenvalue weighted by Crippen LogP contribution is -2.12. The minimum absolute atomic E-state index is 0.0950. The lowest BCUT2D eigenvalue weighted by Gasteiger charge is -2.22. The third-order valence-corrected chi connectivity index (χ3v) is 4.51. The summed E-state index contributed by atoms with van der Waals surface area (Å²) >= 11 is 1.47. The van der Waals surface area contributed by atoms with E-state index in [2.05, 4.69) is 33.0 Å². The van der Waals surface area contributed by atoms with Gasteiger partial charge in [0.15, 0.2) is 0 Å². The van der Waals surface area contributed by atoms with Crippen LogP contribution in [0.15, 0.2) is 6.07 Å². The molecule has 0 saturated carbocycles. The zero-order chi connectivity index (χ0) is 16.9. The number of ether oxygens (including phenoxy) is 1. The molecule has 1 aromatic heterocycles. The van der Waals surface area contributed by atoms with Crippen molar-refractivity contribution in [2.45, 2.75) is 60.3 Å². The minimum atomic E-state index is -0.376. The lowest BCUT2D eigenvalue weighted by molar-refractivity contribution is -0.115. The Morgan fingerprint density at radius 1 is 1.32 bits per heavy atom. The van der Waals surface area contributed by atoms with Crippen molar-refractivity contribution in [3.63, 3.8) is 0 Å². The summed E-state index contributed by atoms with van der Waals surface area (Å²) in [5.74, 6) is -0.146. The molecule has 5 heteroatoms. The fourth-order valence-corrected chi connectivity index (χ4v) is 3.45. The molecule has 0 radical (unpaired) electrons. The average molecular weight is 325 g/mol. The van der Waals surface area contributed by atoms with E-state index in [-0.39, 0.29) is 17.3 Å². The molecule has 0 unspecified atom stereocenters. The summed E-state index contributed by atoms with van der Waals surface area (Å²) in [5.41, 5.74) is 0.671. The van der Waals surface area contributed by atoms with E-state index in [1.165, 1.54) is 11.3 Å². The van der Waals surface area contributed by atoms with Crippen LogP contribution in [0.3, 0.4) is 0 Å². The second-order valence-electron chi connectivity index (χ2n) is 6.68. The molecular formula is C17H27NO3S. The fourth-order valence-electron chi connectivity index (χ4n) is 2.34. The van der Waals surface area contributed by atoms with Gasteiger partial charge in [0.25, 0.3) is 0 Å². The molecule has 22 heavy (non-hydrogen) atoms.